The van der Waals surface area contributed by atoms with Gasteiger partial charge < -0.3 is 9.80 Å². The Bertz CT molecular complexity index is 1110. The van der Waals surface area contributed by atoms with E-state index in [-0.39, 0.29) is 30.1 Å². The van der Waals surface area contributed by atoms with Crippen molar-refractivity contribution in [2.45, 2.75) is 47.2 Å². The largest absolute Gasteiger partial charge is 0.332 e. The molecule has 0 unspecified atom stereocenters. The SMILES string of the molecule is CC[C@@H](C)CN(CC(=O)N(Cc1ccc(F)cc1)Cc1ccc(C)s1)C(=O)c1ccccc1C. The summed E-state index contributed by atoms with van der Waals surface area (Å²) >= 11 is 1.65. The number of halogens is 1. The lowest BCUT2D eigenvalue weighted by Gasteiger charge is -2.29. The number of carbonyl (C=O) groups excluding carboxylic acids is 2. The highest BCUT2D eigenvalue weighted by atomic mass is 32.1. The maximum atomic E-state index is 13.6. The lowest BCUT2D eigenvalue weighted by molar-refractivity contribution is -0.133. The Morgan fingerprint density at radius 1 is 0.941 bits per heavy atom. The lowest BCUT2D eigenvalue weighted by Crippen LogP contribution is -2.44. The molecule has 0 saturated heterocycles. The normalized spacial score (nSPS) is 11.8. The van der Waals surface area contributed by atoms with Crippen LogP contribution in [0.3, 0.4) is 0 Å². The highest BCUT2D eigenvalue weighted by Gasteiger charge is 2.25. The monoisotopic (exact) mass is 480 g/mol. The van der Waals surface area contributed by atoms with Crippen molar-refractivity contribution in [1.82, 2.24) is 9.80 Å². The molecule has 0 spiro atoms. The summed E-state index contributed by atoms with van der Waals surface area (Å²) in [5, 5.41) is 0. The van der Waals surface area contributed by atoms with E-state index < -0.39 is 0 Å². The molecule has 0 N–H and O–H groups in total. The summed E-state index contributed by atoms with van der Waals surface area (Å²) in [6, 6.07) is 17.8. The predicted molar refractivity (Wildman–Crippen MR) is 136 cm³/mol. The molecule has 1 atom stereocenters. The number of hydrogen-bond acceptors (Lipinski definition) is 3. The van der Waals surface area contributed by atoms with Crippen molar-refractivity contribution in [2.24, 2.45) is 5.92 Å². The highest BCUT2D eigenvalue weighted by molar-refractivity contribution is 7.11. The van der Waals surface area contributed by atoms with Crippen molar-refractivity contribution in [2.75, 3.05) is 13.1 Å². The summed E-state index contributed by atoms with van der Waals surface area (Å²) in [6.07, 6.45) is 0.916. The highest BCUT2D eigenvalue weighted by Crippen LogP contribution is 2.20. The van der Waals surface area contributed by atoms with Crippen LogP contribution >= 0.6 is 11.3 Å². The second-order valence-corrected chi connectivity index (χ2v) is 10.3. The van der Waals surface area contributed by atoms with Gasteiger partial charge in [0.05, 0.1) is 6.54 Å². The fourth-order valence-corrected chi connectivity index (χ4v) is 4.68. The molecule has 4 nitrogen and oxygen atoms in total. The Labute approximate surface area is 206 Å². The van der Waals surface area contributed by atoms with Gasteiger partial charge in [0.2, 0.25) is 5.91 Å². The fourth-order valence-electron chi connectivity index (χ4n) is 3.77. The smallest absolute Gasteiger partial charge is 0.254 e. The lowest BCUT2D eigenvalue weighted by atomic mass is 10.1. The second kappa shape index (κ2) is 11.9. The van der Waals surface area contributed by atoms with Gasteiger partial charge in [-0.25, -0.2) is 4.39 Å². The average molecular weight is 481 g/mol. The maximum absolute atomic E-state index is 13.6. The number of benzene rings is 2. The Morgan fingerprint density at radius 2 is 1.65 bits per heavy atom. The van der Waals surface area contributed by atoms with Crippen LogP contribution in [0.5, 0.6) is 0 Å². The number of aryl methyl sites for hydroxylation is 2. The molecule has 2 amide bonds. The topological polar surface area (TPSA) is 40.6 Å². The predicted octanol–water partition coefficient (Wildman–Crippen LogP) is 6.22. The van der Waals surface area contributed by atoms with E-state index in [1.807, 2.05) is 50.2 Å². The zero-order valence-electron chi connectivity index (χ0n) is 20.4. The number of amides is 2. The third kappa shape index (κ3) is 7.00. The van der Waals surface area contributed by atoms with Crippen LogP contribution in [-0.2, 0) is 17.9 Å². The summed E-state index contributed by atoms with van der Waals surface area (Å²) in [7, 11) is 0. The molecule has 6 heteroatoms. The Morgan fingerprint density at radius 3 is 2.26 bits per heavy atom. The van der Waals surface area contributed by atoms with Crippen LogP contribution in [0.25, 0.3) is 0 Å². The van der Waals surface area contributed by atoms with E-state index in [9.17, 15) is 14.0 Å². The first-order valence-electron chi connectivity index (χ1n) is 11.7. The molecule has 34 heavy (non-hydrogen) atoms. The molecular weight excluding hydrogens is 447 g/mol. The summed E-state index contributed by atoms with van der Waals surface area (Å²) < 4.78 is 13.4. The first-order valence-corrected chi connectivity index (χ1v) is 12.5. The van der Waals surface area contributed by atoms with Gasteiger partial charge in [-0.05, 0) is 61.2 Å². The molecule has 3 rings (SSSR count). The molecule has 0 radical (unpaired) electrons. The minimum atomic E-state index is -0.306. The van der Waals surface area contributed by atoms with Crippen LogP contribution in [0.4, 0.5) is 4.39 Å². The minimum absolute atomic E-state index is 0.00304. The third-order valence-corrected chi connectivity index (χ3v) is 6.99. The van der Waals surface area contributed by atoms with Crippen LogP contribution in [0.15, 0.2) is 60.7 Å². The molecule has 0 saturated carbocycles. The van der Waals surface area contributed by atoms with Gasteiger partial charge in [-0.15, -0.1) is 11.3 Å². The van der Waals surface area contributed by atoms with Crippen molar-refractivity contribution >= 4 is 23.2 Å². The standard InChI is InChI=1S/C28H33FN2O2S/c1-5-20(2)16-31(28(33)26-9-7-6-8-21(26)3)19-27(32)30(18-25-15-10-22(4)34-25)17-23-11-13-24(29)14-12-23/h6-15,20H,5,16-19H2,1-4H3/t20-/m1/s1. The number of carbonyl (C=O) groups is 2. The van der Waals surface area contributed by atoms with Crippen LogP contribution < -0.4 is 0 Å². The Balaban J connectivity index is 1.85. The van der Waals surface area contributed by atoms with Gasteiger partial charge in [0.25, 0.3) is 5.91 Å². The van der Waals surface area contributed by atoms with Gasteiger partial charge >= 0.3 is 0 Å². The number of nitrogens with zero attached hydrogens (tertiary/aromatic N) is 2. The van der Waals surface area contributed by atoms with Gasteiger partial charge in [0.1, 0.15) is 12.4 Å². The first kappa shape index (κ1) is 25.6. The molecule has 1 heterocycles. The van der Waals surface area contributed by atoms with Crippen LogP contribution in [-0.4, -0.2) is 34.7 Å². The van der Waals surface area contributed by atoms with Crippen molar-refractivity contribution < 1.29 is 14.0 Å². The van der Waals surface area contributed by atoms with Gasteiger partial charge in [-0.3, -0.25) is 9.59 Å². The average Bonchev–Trinajstić information content (AvgIpc) is 3.23. The first-order chi connectivity index (χ1) is 16.3. The second-order valence-electron chi connectivity index (χ2n) is 8.90. The van der Waals surface area contributed by atoms with Gasteiger partial charge in [0.15, 0.2) is 0 Å². The quantitative estimate of drug-likeness (QED) is 0.346. The van der Waals surface area contributed by atoms with E-state index in [4.69, 9.17) is 0 Å². The zero-order valence-corrected chi connectivity index (χ0v) is 21.2. The molecule has 2 aromatic carbocycles. The zero-order chi connectivity index (χ0) is 24.7. The molecule has 3 aromatic rings. The van der Waals surface area contributed by atoms with Gasteiger partial charge in [-0.2, -0.15) is 0 Å². The van der Waals surface area contributed by atoms with Crippen LogP contribution in [0.2, 0.25) is 0 Å². The van der Waals surface area contributed by atoms with E-state index in [0.29, 0.717) is 25.2 Å². The van der Waals surface area contributed by atoms with Gasteiger partial charge in [0, 0.05) is 28.4 Å². The number of hydrogen-bond donors (Lipinski definition) is 0. The molecule has 180 valence electrons. The maximum Gasteiger partial charge on any atom is 0.254 e. The summed E-state index contributed by atoms with van der Waals surface area (Å²) in [6.45, 7) is 9.44. The fraction of sp³-hybridized carbons (Fsp3) is 0.357. The summed E-state index contributed by atoms with van der Waals surface area (Å²) in [5.41, 5.74) is 2.37. The molecule has 0 fully saturated rings. The third-order valence-electron chi connectivity index (χ3n) is 6.00. The summed E-state index contributed by atoms with van der Waals surface area (Å²) in [5.74, 6) is -0.286. The molecule has 1 aromatic heterocycles. The number of rotatable bonds is 10. The van der Waals surface area contributed by atoms with Crippen molar-refractivity contribution in [3.63, 3.8) is 0 Å². The van der Waals surface area contributed by atoms with E-state index in [0.717, 1.165) is 22.4 Å². The van der Waals surface area contributed by atoms with Crippen molar-refractivity contribution in [1.29, 1.82) is 0 Å². The number of thiophene rings is 1. The van der Waals surface area contributed by atoms with Crippen LogP contribution in [0, 0.1) is 25.6 Å². The minimum Gasteiger partial charge on any atom is -0.332 e. The Hall–Kier alpha value is -2.99. The van der Waals surface area contributed by atoms with E-state index in [2.05, 4.69) is 13.8 Å². The van der Waals surface area contributed by atoms with E-state index in [1.165, 1.54) is 17.0 Å². The molecule has 0 aliphatic heterocycles. The molecule has 0 aliphatic carbocycles. The molecule has 0 bridgehead atoms. The Kier molecular flexibility index (Phi) is 8.99. The molecular formula is C28H33FN2O2S. The van der Waals surface area contributed by atoms with Gasteiger partial charge in [-0.1, -0.05) is 50.6 Å². The van der Waals surface area contributed by atoms with E-state index in [1.54, 1.807) is 33.3 Å². The van der Waals surface area contributed by atoms with Crippen molar-refractivity contribution in [3.8, 4) is 0 Å². The summed E-state index contributed by atoms with van der Waals surface area (Å²) in [4.78, 5) is 32.7. The van der Waals surface area contributed by atoms with E-state index >= 15 is 0 Å². The molecule has 0 aliphatic rings. The van der Waals surface area contributed by atoms with Crippen LogP contribution in [0.1, 0.15) is 51.5 Å². The van der Waals surface area contributed by atoms with Crippen molar-refractivity contribution in [3.05, 3.63) is 92.9 Å².